The zero-order valence-corrected chi connectivity index (χ0v) is 32.8. The highest BCUT2D eigenvalue weighted by Gasteiger charge is 2.50. The van der Waals surface area contributed by atoms with E-state index >= 15 is 0 Å². The summed E-state index contributed by atoms with van der Waals surface area (Å²) in [5.74, 6) is -3.28. The van der Waals surface area contributed by atoms with Crippen molar-refractivity contribution in [1.82, 2.24) is 9.80 Å². The van der Waals surface area contributed by atoms with E-state index in [1.165, 1.54) is 18.7 Å². The van der Waals surface area contributed by atoms with Gasteiger partial charge in [-0.15, -0.1) is 0 Å². The Hall–Kier alpha value is -2.20. The largest absolute Gasteiger partial charge is 0.459 e. The lowest BCUT2D eigenvalue weighted by atomic mass is 9.78. The number of amides is 1. The number of benzene rings is 1. The van der Waals surface area contributed by atoms with Gasteiger partial charge in [0.15, 0.2) is 6.29 Å². The first-order valence-electron chi connectivity index (χ1n) is 18.8. The highest BCUT2D eigenvalue weighted by Crippen LogP contribution is 2.37. The number of hydrogen-bond donors (Lipinski definition) is 5. The molecule has 1 amide bonds. The van der Waals surface area contributed by atoms with Crippen LogP contribution in [-0.2, 0) is 35.1 Å². The summed E-state index contributed by atoms with van der Waals surface area (Å²) in [4.78, 5) is 30.1. The van der Waals surface area contributed by atoms with Crippen LogP contribution in [0.2, 0.25) is 0 Å². The van der Waals surface area contributed by atoms with Crippen LogP contribution in [0, 0.1) is 17.8 Å². The van der Waals surface area contributed by atoms with Gasteiger partial charge in [0.25, 0.3) is 0 Å². The van der Waals surface area contributed by atoms with Crippen LogP contribution in [0.25, 0.3) is 0 Å². The van der Waals surface area contributed by atoms with Gasteiger partial charge < -0.3 is 54.3 Å². The van der Waals surface area contributed by atoms with Crippen LogP contribution in [-0.4, -0.2) is 141 Å². The third-order valence-electron chi connectivity index (χ3n) is 11.2. The molecule has 0 unspecified atom stereocenters. The molecule has 2 heterocycles. The van der Waals surface area contributed by atoms with E-state index in [0.29, 0.717) is 19.4 Å². The minimum absolute atomic E-state index is 0.175. The van der Waals surface area contributed by atoms with E-state index < -0.39 is 84.0 Å². The molecule has 1 aromatic carbocycles. The fourth-order valence-electron chi connectivity index (χ4n) is 7.84. The van der Waals surface area contributed by atoms with Crippen molar-refractivity contribution in [1.29, 1.82) is 0 Å². The van der Waals surface area contributed by atoms with Gasteiger partial charge in [-0.05, 0) is 72.4 Å². The maximum Gasteiger partial charge on any atom is 0.311 e. The molecule has 2 saturated heterocycles. The van der Waals surface area contributed by atoms with Crippen molar-refractivity contribution in [3.05, 3.63) is 35.9 Å². The van der Waals surface area contributed by atoms with E-state index in [9.17, 15) is 35.1 Å². The molecule has 2 aliphatic heterocycles. The predicted molar refractivity (Wildman–Crippen MR) is 195 cm³/mol. The molecule has 0 spiro atoms. The molecule has 0 aromatic heterocycles. The number of carbonyl (C=O) groups excluding carboxylic acids is 2. The summed E-state index contributed by atoms with van der Waals surface area (Å²) < 4.78 is 24.1. The first-order chi connectivity index (χ1) is 24.2. The summed E-state index contributed by atoms with van der Waals surface area (Å²) in [6.45, 7) is 14.1. The number of cyclic esters (lactones) is 1. The van der Waals surface area contributed by atoms with Crippen LogP contribution in [0.3, 0.4) is 0 Å². The van der Waals surface area contributed by atoms with Crippen molar-refractivity contribution >= 4 is 11.9 Å². The van der Waals surface area contributed by atoms with E-state index in [1.54, 1.807) is 34.7 Å². The summed E-state index contributed by atoms with van der Waals surface area (Å²) in [6, 6.07) is 8.24. The number of nitrogens with zero attached hydrogens (tertiary/aromatic N) is 2. The quantitative estimate of drug-likeness (QED) is 0.234. The second kappa shape index (κ2) is 18.9. The number of likely N-dealkylation sites (N-methyl/N-ethyl adjacent to an activating group) is 2. The van der Waals surface area contributed by atoms with E-state index in [1.807, 2.05) is 56.1 Å². The number of carbonyl (C=O) groups is 2. The van der Waals surface area contributed by atoms with E-state index in [0.717, 1.165) is 5.56 Å². The van der Waals surface area contributed by atoms with Gasteiger partial charge in [-0.3, -0.25) is 9.59 Å². The Morgan fingerprint density at radius 3 is 2.29 bits per heavy atom. The topological polar surface area (TPSA) is 179 Å². The Morgan fingerprint density at radius 1 is 1.04 bits per heavy atom. The molecule has 1 aromatic rings. The molecule has 0 aliphatic carbocycles. The Labute approximate surface area is 310 Å². The van der Waals surface area contributed by atoms with Crippen molar-refractivity contribution in [2.24, 2.45) is 17.8 Å². The van der Waals surface area contributed by atoms with Gasteiger partial charge in [0.05, 0.1) is 42.5 Å². The first-order valence-corrected chi connectivity index (χ1v) is 18.8. The predicted octanol–water partition coefficient (Wildman–Crippen LogP) is 2.48. The normalized spacial score (nSPS) is 40.3. The Morgan fingerprint density at radius 2 is 1.67 bits per heavy atom. The smallest absolute Gasteiger partial charge is 0.311 e. The van der Waals surface area contributed by atoms with Gasteiger partial charge >= 0.3 is 5.97 Å². The molecule has 2 fully saturated rings. The zero-order chi connectivity index (χ0) is 39.1. The SMILES string of the molecule is CCC[C@H]1OC(=O)[C@H](C)[C@@H](O)[C@H](C)[C@@H](O[C@@H]2O[C@H](C)C[C@H](N(C)C(=O)COCc3ccccc3)[C@H]2O)[C@](C)(O)C[C@@H](C)CN(C)[C@H](C)[C@@H](O)[C@]1(C)O. The van der Waals surface area contributed by atoms with Gasteiger partial charge in [0.2, 0.25) is 5.91 Å². The first kappa shape index (κ1) is 44.2. The fraction of sp³-hybridized carbons (Fsp3) is 0.795. The van der Waals surface area contributed by atoms with Crippen LogP contribution in [0.5, 0.6) is 0 Å². The average molecular weight is 739 g/mol. The van der Waals surface area contributed by atoms with Gasteiger partial charge in [-0.2, -0.15) is 0 Å². The van der Waals surface area contributed by atoms with Crippen molar-refractivity contribution in [3.63, 3.8) is 0 Å². The van der Waals surface area contributed by atoms with Crippen LogP contribution >= 0.6 is 0 Å². The van der Waals surface area contributed by atoms with Crippen molar-refractivity contribution in [3.8, 4) is 0 Å². The zero-order valence-electron chi connectivity index (χ0n) is 32.8. The summed E-state index contributed by atoms with van der Waals surface area (Å²) in [7, 11) is 3.41. The number of hydrogen-bond acceptors (Lipinski definition) is 12. The molecular formula is C39H66N2O11. The molecule has 0 bridgehead atoms. The summed E-state index contributed by atoms with van der Waals surface area (Å²) in [6.07, 6.45) is -6.58. The Kier molecular flexibility index (Phi) is 16.1. The van der Waals surface area contributed by atoms with Gasteiger partial charge in [-0.1, -0.05) is 57.5 Å². The van der Waals surface area contributed by atoms with Crippen molar-refractivity contribution in [2.45, 2.75) is 154 Å². The number of aliphatic hydroxyl groups is 5. The lowest BCUT2D eigenvalue weighted by Gasteiger charge is -2.47. The number of ether oxygens (including phenoxy) is 4. The molecule has 0 saturated carbocycles. The van der Waals surface area contributed by atoms with E-state index in [4.69, 9.17) is 18.9 Å². The van der Waals surface area contributed by atoms with Crippen molar-refractivity contribution < 1.29 is 54.1 Å². The third-order valence-corrected chi connectivity index (χ3v) is 11.2. The highest BCUT2D eigenvalue weighted by molar-refractivity contribution is 5.77. The van der Waals surface area contributed by atoms with E-state index in [-0.39, 0.29) is 37.9 Å². The minimum Gasteiger partial charge on any atom is -0.459 e. The summed E-state index contributed by atoms with van der Waals surface area (Å²) >= 11 is 0. The molecule has 2 aliphatic rings. The number of rotatable bonds is 9. The fourth-order valence-corrected chi connectivity index (χ4v) is 7.84. The molecule has 298 valence electrons. The monoisotopic (exact) mass is 738 g/mol. The minimum atomic E-state index is -1.79. The van der Waals surface area contributed by atoms with Crippen LogP contribution in [0.4, 0.5) is 0 Å². The molecule has 13 nitrogen and oxygen atoms in total. The van der Waals surface area contributed by atoms with Gasteiger partial charge in [0.1, 0.15) is 30.5 Å². The molecule has 3 rings (SSSR count). The standard InChI is InChI=1S/C39H66N2O11/c1-11-15-30-39(8,48)34(45)27(6)40(9)20-23(2)19-38(7,47)35(25(4)32(43)26(5)36(46)51-30)52-37-33(44)29(18-24(3)50-37)41(10)31(42)22-49-21-28-16-13-12-14-17-28/h12-14,16-17,23-27,29-30,32-35,37,43-45,47-48H,11,15,18-22H2,1-10H3/t23-,24-,25+,26-,27-,29+,30-,32+,33-,34-,35-,37+,38-,39-/m1/s1. The maximum absolute atomic E-state index is 13.6. The van der Waals surface area contributed by atoms with Crippen LogP contribution in [0.1, 0.15) is 86.6 Å². The molecule has 5 N–H and O–H groups in total. The average Bonchev–Trinajstić information content (AvgIpc) is 3.09. The molecule has 52 heavy (non-hydrogen) atoms. The van der Waals surface area contributed by atoms with Crippen LogP contribution in [0.15, 0.2) is 30.3 Å². The molecular weight excluding hydrogens is 672 g/mol. The molecule has 14 atom stereocenters. The van der Waals surface area contributed by atoms with Gasteiger partial charge in [0, 0.05) is 25.6 Å². The summed E-state index contributed by atoms with van der Waals surface area (Å²) in [5, 5.41) is 58.4. The highest BCUT2D eigenvalue weighted by atomic mass is 16.7. The lowest BCUT2D eigenvalue weighted by molar-refractivity contribution is -0.299. The van der Waals surface area contributed by atoms with E-state index in [2.05, 4.69) is 0 Å². The molecule has 13 heteroatoms. The lowest BCUT2D eigenvalue weighted by Crippen LogP contribution is -2.60. The van der Waals surface area contributed by atoms with Crippen LogP contribution < -0.4 is 0 Å². The number of aliphatic hydroxyl groups excluding tert-OH is 3. The second-order valence-electron chi connectivity index (χ2n) is 16.0. The Bertz CT molecular complexity index is 1270. The second-order valence-corrected chi connectivity index (χ2v) is 16.0. The molecule has 0 radical (unpaired) electrons. The van der Waals surface area contributed by atoms with Gasteiger partial charge in [-0.25, -0.2) is 0 Å². The van der Waals surface area contributed by atoms with Crippen molar-refractivity contribution in [2.75, 3.05) is 27.2 Å². The Balaban J connectivity index is 1.90. The maximum atomic E-state index is 13.6. The number of esters is 1. The third kappa shape index (κ3) is 10.9. The summed E-state index contributed by atoms with van der Waals surface area (Å²) in [5.41, 5.74) is -2.48.